The molecule has 118 valence electrons. The van der Waals surface area contributed by atoms with Gasteiger partial charge in [0.2, 0.25) is 0 Å². The van der Waals surface area contributed by atoms with Gasteiger partial charge in [-0.1, -0.05) is 19.3 Å². The third-order valence-electron chi connectivity index (χ3n) is 4.14. The van der Waals surface area contributed by atoms with Crippen LogP contribution in [0.2, 0.25) is 0 Å². The maximum absolute atomic E-state index is 12.2. The summed E-state index contributed by atoms with van der Waals surface area (Å²) in [7, 11) is 1.61. The van der Waals surface area contributed by atoms with E-state index in [0.29, 0.717) is 18.0 Å². The lowest BCUT2D eigenvalue weighted by Gasteiger charge is -2.30. The Morgan fingerprint density at radius 2 is 1.90 bits per heavy atom. The Balaban J connectivity index is 0.00000220. The Hall–Kier alpha value is -1.26. The van der Waals surface area contributed by atoms with Crippen molar-refractivity contribution in [3.63, 3.8) is 0 Å². The van der Waals surface area contributed by atoms with Gasteiger partial charge in [-0.15, -0.1) is 12.4 Å². The Kier molecular flexibility index (Phi) is 7.54. The summed E-state index contributed by atoms with van der Waals surface area (Å²) >= 11 is 0. The molecule has 1 amide bonds. The van der Waals surface area contributed by atoms with Crippen LogP contribution in [-0.2, 0) is 0 Å². The number of amides is 1. The fourth-order valence-corrected chi connectivity index (χ4v) is 2.90. The summed E-state index contributed by atoms with van der Waals surface area (Å²) in [6.07, 6.45) is 6.15. The molecule has 2 rings (SSSR count). The molecule has 0 bridgehead atoms. The summed E-state index contributed by atoms with van der Waals surface area (Å²) in [5, 5.41) is 3.09. The molecule has 0 spiro atoms. The number of rotatable bonds is 5. The lowest BCUT2D eigenvalue weighted by molar-refractivity contribution is 0.0915. The minimum absolute atomic E-state index is 0. The van der Waals surface area contributed by atoms with E-state index < -0.39 is 0 Å². The zero-order valence-corrected chi connectivity index (χ0v) is 13.3. The van der Waals surface area contributed by atoms with Crippen molar-refractivity contribution in [3.8, 4) is 5.75 Å². The van der Waals surface area contributed by atoms with Crippen molar-refractivity contribution < 1.29 is 9.53 Å². The number of nitrogens with one attached hydrogen (secondary N) is 1. The van der Waals surface area contributed by atoms with Gasteiger partial charge in [-0.25, -0.2) is 0 Å². The van der Waals surface area contributed by atoms with Crippen LogP contribution in [0.3, 0.4) is 0 Å². The molecule has 1 saturated carbocycles. The predicted molar refractivity (Wildman–Crippen MR) is 87.1 cm³/mol. The monoisotopic (exact) mass is 312 g/mol. The summed E-state index contributed by atoms with van der Waals surface area (Å²) in [5.74, 6) is 1.23. The maximum atomic E-state index is 12.2. The van der Waals surface area contributed by atoms with Crippen LogP contribution in [0, 0.1) is 5.92 Å². The molecule has 0 radical (unpaired) electrons. The first-order valence-electron chi connectivity index (χ1n) is 7.39. The van der Waals surface area contributed by atoms with Gasteiger partial charge in [-0.05, 0) is 43.0 Å². The summed E-state index contributed by atoms with van der Waals surface area (Å²) in [5.41, 5.74) is 6.49. The minimum atomic E-state index is -0.0475. The first kappa shape index (κ1) is 17.8. The number of methoxy groups -OCH3 is 1. The van der Waals surface area contributed by atoms with E-state index >= 15 is 0 Å². The van der Waals surface area contributed by atoms with E-state index in [9.17, 15) is 4.79 Å². The molecule has 1 aromatic carbocycles. The van der Waals surface area contributed by atoms with E-state index in [1.807, 2.05) is 0 Å². The van der Waals surface area contributed by atoms with Gasteiger partial charge in [-0.2, -0.15) is 0 Å². The van der Waals surface area contributed by atoms with Gasteiger partial charge in [0, 0.05) is 18.2 Å². The van der Waals surface area contributed by atoms with Crippen LogP contribution in [0.5, 0.6) is 5.75 Å². The molecular formula is C16H25ClN2O2. The van der Waals surface area contributed by atoms with E-state index in [0.717, 1.165) is 5.75 Å². The smallest absolute Gasteiger partial charge is 0.251 e. The number of nitrogens with two attached hydrogens (primary N) is 1. The summed E-state index contributed by atoms with van der Waals surface area (Å²) in [6, 6.07) is 7.25. The number of hydrogen-bond donors (Lipinski definition) is 2. The van der Waals surface area contributed by atoms with Crippen molar-refractivity contribution >= 4 is 18.3 Å². The van der Waals surface area contributed by atoms with Crippen molar-refractivity contribution in [1.82, 2.24) is 5.32 Å². The lowest BCUT2D eigenvalue weighted by Crippen LogP contribution is -2.45. The van der Waals surface area contributed by atoms with E-state index in [4.69, 9.17) is 10.5 Å². The van der Waals surface area contributed by atoms with E-state index in [2.05, 4.69) is 5.32 Å². The first-order valence-corrected chi connectivity index (χ1v) is 7.39. The second kappa shape index (κ2) is 8.90. The average molecular weight is 313 g/mol. The maximum Gasteiger partial charge on any atom is 0.251 e. The van der Waals surface area contributed by atoms with Crippen molar-refractivity contribution in [3.05, 3.63) is 29.8 Å². The topological polar surface area (TPSA) is 64.3 Å². The van der Waals surface area contributed by atoms with Crippen LogP contribution in [0.1, 0.15) is 42.5 Å². The normalized spacial score (nSPS) is 16.7. The van der Waals surface area contributed by atoms with E-state index in [-0.39, 0.29) is 24.4 Å². The molecule has 1 unspecified atom stereocenters. The zero-order chi connectivity index (χ0) is 14.4. The quantitative estimate of drug-likeness (QED) is 0.878. The van der Waals surface area contributed by atoms with Gasteiger partial charge in [0.1, 0.15) is 5.75 Å². The highest BCUT2D eigenvalue weighted by Crippen LogP contribution is 2.26. The zero-order valence-electron chi connectivity index (χ0n) is 12.5. The Labute approximate surface area is 132 Å². The molecule has 1 aromatic rings. The van der Waals surface area contributed by atoms with Crippen molar-refractivity contribution in [2.24, 2.45) is 11.7 Å². The number of halogens is 1. The SMILES string of the molecule is COc1ccc(C(=O)NC(CN)C2CCCCC2)cc1.Cl. The van der Waals surface area contributed by atoms with Crippen molar-refractivity contribution in [2.75, 3.05) is 13.7 Å². The van der Waals surface area contributed by atoms with E-state index in [1.54, 1.807) is 31.4 Å². The molecular weight excluding hydrogens is 288 g/mol. The molecule has 4 nitrogen and oxygen atoms in total. The Bertz CT molecular complexity index is 430. The van der Waals surface area contributed by atoms with Crippen LogP contribution in [0.25, 0.3) is 0 Å². The van der Waals surface area contributed by atoms with Gasteiger partial charge in [-0.3, -0.25) is 4.79 Å². The fourth-order valence-electron chi connectivity index (χ4n) is 2.90. The first-order chi connectivity index (χ1) is 9.74. The van der Waals surface area contributed by atoms with Crippen LogP contribution >= 0.6 is 12.4 Å². The Morgan fingerprint density at radius 3 is 2.43 bits per heavy atom. The number of benzene rings is 1. The second-order valence-corrected chi connectivity index (χ2v) is 5.44. The van der Waals surface area contributed by atoms with Crippen LogP contribution in [-0.4, -0.2) is 25.6 Å². The number of ether oxygens (including phenoxy) is 1. The molecule has 1 aliphatic rings. The van der Waals surface area contributed by atoms with Crippen LogP contribution < -0.4 is 15.8 Å². The molecule has 5 heteroatoms. The molecule has 0 saturated heterocycles. The number of carbonyl (C=O) groups excluding carboxylic acids is 1. The molecule has 1 atom stereocenters. The molecule has 0 aromatic heterocycles. The van der Waals surface area contributed by atoms with Crippen molar-refractivity contribution in [1.29, 1.82) is 0 Å². The molecule has 3 N–H and O–H groups in total. The van der Waals surface area contributed by atoms with Gasteiger partial charge < -0.3 is 15.8 Å². The van der Waals surface area contributed by atoms with Crippen LogP contribution in [0.4, 0.5) is 0 Å². The highest BCUT2D eigenvalue weighted by Gasteiger charge is 2.24. The standard InChI is InChI=1S/C16H24N2O2.ClH/c1-20-14-9-7-13(8-10-14)16(19)18-15(11-17)12-5-3-2-4-6-12;/h7-10,12,15H,2-6,11,17H2,1H3,(H,18,19);1H. The highest BCUT2D eigenvalue weighted by molar-refractivity contribution is 5.94. The van der Waals surface area contributed by atoms with Gasteiger partial charge in [0.05, 0.1) is 7.11 Å². The molecule has 21 heavy (non-hydrogen) atoms. The molecule has 0 heterocycles. The van der Waals surface area contributed by atoms with Crippen molar-refractivity contribution in [2.45, 2.75) is 38.1 Å². The Morgan fingerprint density at radius 1 is 1.29 bits per heavy atom. The minimum Gasteiger partial charge on any atom is -0.497 e. The molecule has 1 aliphatic carbocycles. The molecule has 0 aliphatic heterocycles. The second-order valence-electron chi connectivity index (χ2n) is 5.44. The summed E-state index contributed by atoms with van der Waals surface area (Å²) in [6.45, 7) is 0.507. The van der Waals surface area contributed by atoms with Crippen LogP contribution in [0.15, 0.2) is 24.3 Å². The van der Waals surface area contributed by atoms with E-state index in [1.165, 1.54) is 32.1 Å². The third-order valence-corrected chi connectivity index (χ3v) is 4.14. The summed E-state index contributed by atoms with van der Waals surface area (Å²) in [4.78, 5) is 12.2. The average Bonchev–Trinajstić information content (AvgIpc) is 2.53. The van der Waals surface area contributed by atoms with Gasteiger partial charge >= 0.3 is 0 Å². The number of hydrogen-bond acceptors (Lipinski definition) is 3. The van der Waals surface area contributed by atoms with Gasteiger partial charge in [0.15, 0.2) is 0 Å². The van der Waals surface area contributed by atoms with Gasteiger partial charge in [0.25, 0.3) is 5.91 Å². The molecule has 1 fully saturated rings. The lowest BCUT2D eigenvalue weighted by atomic mass is 9.84. The summed E-state index contributed by atoms with van der Waals surface area (Å²) < 4.78 is 5.09. The highest BCUT2D eigenvalue weighted by atomic mass is 35.5. The fraction of sp³-hybridized carbons (Fsp3) is 0.562. The third kappa shape index (κ3) is 4.90. The predicted octanol–water partition coefficient (Wildman–Crippen LogP) is 2.75. The number of carbonyl (C=O) groups is 1. The largest absolute Gasteiger partial charge is 0.497 e.